The van der Waals surface area contributed by atoms with Crippen LogP contribution in [0, 0.1) is 0 Å². The van der Waals surface area contributed by atoms with Gasteiger partial charge in [-0.05, 0) is 43.5 Å². The minimum atomic E-state index is -4.30. The number of hydrogen-bond donors (Lipinski definition) is 2. The van der Waals surface area contributed by atoms with Crippen molar-refractivity contribution in [3.8, 4) is 0 Å². The first kappa shape index (κ1) is 12.2. The highest BCUT2D eigenvalue weighted by molar-refractivity contribution is 5.45. The summed E-state index contributed by atoms with van der Waals surface area (Å²) in [4.78, 5) is 0. The Morgan fingerprint density at radius 1 is 1.18 bits per heavy atom. The Hall–Kier alpha value is -1.23. The molecule has 0 amide bonds. The third kappa shape index (κ3) is 2.91. The summed E-state index contributed by atoms with van der Waals surface area (Å²) in [5.74, 6) is 0. The average molecular weight is 245 g/mol. The van der Waals surface area contributed by atoms with Gasteiger partial charge in [0, 0.05) is 12.2 Å². The molecule has 0 unspecified atom stereocenters. The van der Waals surface area contributed by atoms with Gasteiger partial charge in [0.25, 0.3) is 0 Å². The van der Waals surface area contributed by atoms with E-state index in [0.717, 1.165) is 31.4 Å². The van der Waals surface area contributed by atoms with E-state index in [1.54, 1.807) is 0 Å². The quantitative estimate of drug-likeness (QED) is 0.857. The number of rotatable bonds is 3. The number of anilines is 1. The van der Waals surface area contributed by atoms with Crippen molar-refractivity contribution in [3.63, 3.8) is 0 Å². The van der Waals surface area contributed by atoms with Crippen LogP contribution >= 0.6 is 0 Å². The van der Waals surface area contributed by atoms with Gasteiger partial charge >= 0.3 is 6.18 Å². The highest BCUT2D eigenvalue weighted by Crippen LogP contribution is 2.32. The summed E-state index contributed by atoms with van der Waals surface area (Å²) in [6.45, 7) is 0.387. The van der Waals surface area contributed by atoms with Crippen LogP contribution in [0.25, 0.3) is 0 Å². The van der Waals surface area contributed by atoms with E-state index in [1.165, 1.54) is 12.1 Å². The Kier molecular flexibility index (Phi) is 3.03. The Bertz CT molecular complexity index is 382. The summed E-state index contributed by atoms with van der Waals surface area (Å²) in [5, 5.41) is 12.8. The van der Waals surface area contributed by atoms with Gasteiger partial charge in [0.05, 0.1) is 11.2 Å². The van der Waals surface area contributed by atoms with Crippen molar-refractivity contribution in [2.45, 2.75) is 31.0 Å². The Morgan fingerprint density at radius 2 is 1.76 bits per heavy atom. The van der Waals surface area contributed by atoms with Gasteiger partial charge in [-0.25, -0.2) is 0 Å². The van der Waals surface area contributed by atoms with E-state index in [2.05, 4.69) is 5.32 Å². The van der Waals surface area contributed by atoms with E-state index in [9.17, 15) is 18.3 Å². The van der Waals surface area contributed by atoms with Crippen LogP contribution in [-0.2, 0) is 6.18 Å². The summed E-state index contributed by atoms with van der Waals surface area (Å²) < 4.78 is 36.9. The molecule has 1 aliphatic rings. The second kappa shape index (κ2) is 4.22. The third-order valence-corrected chi connectivity index (χ3v) is 3.12. The van der Waals surface area contributed by atoms with Gasteiger partial charge in [-0.3, -0.25) is 0 Å². The summed E-state index contributed by atoms with van der Waals surface area (Å²) in [6.07, 6.45) is -1.79. The molecule has 0 bridgehead atoms. The van der Waals surface area contributed by atoms with E-state index in [-0.39, 0.29) is 0 Å². The first-order chi connectivity index (χ1) is 7.89. The van der Waals surface area contributed by atoms with E-state index in [0.29, 0.717) is 12.2 Å². The summed E-state index contributed by atoms with van der Waals surface area (Å²) in [6, 6.07) is 4.83. The Labute approximate surface area is 97.5 Å². The first-order valence-electron chi connectivity index (χ1n) is 5.53. The number of nitrogens with one attached hydrogen (secondary N) is 1. The molecular formula is C12H14F3NO. The molecule has 1 fully saturated rings. The van der Waals surface area contributed by atoms with Crippen molar-refractivity contribution in [2.75, 3.05) is 11.9 Å². The van der Waals surface area contributed by atoms with Crippen LogP contribution in [0.4, 0.5) is 18.9 Å². The molecule has 0 spiro atoms. The molecule has 1 aliphatic carbocycles. The predicted octanol–water partition coefficient (Wildman–Crippen LogP) is 3.03. The van der Waals surface area contributed by atoms with Gasteiger partial charge in [-0.1, -0.05) is 0 Å². The zero-order valence-electron chi connectivity index (χ0n) is 9.22. The number of hydrogen-bond acceptors (Lipinski definition) is 2. The van der Waals surface area contributed by atoms with E-state index in [4.69, 9.17) is 0 Å². The lowest BCUT2D eigenvalue weighted by molar-refractivity contribution is -0.137. The zero-order valence-corrected chi connectivity index (χ0v) is 9.22. The maximum Gasteiger partial charge on any atom is 0.416 e. The van der Waals surface area contributed by atoms with Gasteiger partial charge in [-0.15, -0.1) is 0 Å². The summed E-state index contributed by atoms with van der Waals surface area (Å²) in [7, 11) is 0. The molecule has 94 valence electrons. The fourth-order valence-corrected chi connectivity index (χ4v) is 1.81. The maximum absolute atomic E-state index is 12.3. The average Bonchev–Trinajstić information content (AvgIpc) is 2.23. The van der Waals surface area contributed by atoms with Crippen LogP contribution in [0.1, 0.15) is 24.8 Å². The molecule has 2 nitrogen and oxygen atoms in total. The molecule has 1 saturated carbocycles. The van der Waals surface area contributed by atoms with Crippen LogP contribution in [0.5, 0.6) is 0 Å². The first-order valence-corrected chi connectivity index (χ1v) is 5.53. The molecule has 0 aromatic heterocycles. The summed E-state index contributed by atoms with van der Waals surface area (Å²) >= 11 is 0. The lowest BCUT2D eigenvalue weighted by Gasteiger charge is -2.36. The SMILES string of the molecule is OC1(CNc2ccc(C(F)(F)F)cc2)CCC1. The van der Waals surface area contributed by atoms with Crippen LogP contribution in [0.3, 0.4) is 0 Å². The molecule has 1 aromatic carbocycles. The van der Waals surface area contributed by atoms with Crippen LogP contribution < -0.4 is 5.32 Å². The van der Waals surface area contributed by atoms with Crippen molar-refractivity contribution < 1.29 is 18.3 Å². The van der Waals surface area contributed by atoms with Crippen molar-refractivity contribution in [1.82, 2.24) is 0 Å². The van der Waals surface area contributed by atoms with Gasteiger partial charge in [-0.2, -0.15) is 13.2 Å². The van der Waals surface area contributed by atoms with Crippen LogP contribution in [0.2, 0.25) is 0 Å². The van der Waals surface area contributed by atoms with E-state index < -0.39 is 17.3 Å². The fraction of sp³-hybridized carbons (Fsp3) is 0.500. The second-order valence-corrected chi connectivity index (χ2v) is 4.51. The van der Waals surface area contributed by atoms with Gasteiger partial charge in [0.2, 0.25) is 0 Å². The third-order valence-electron chi connectivity index (χ3n) is 3.12. The number of halogens is 3. The monoisotopic (exact) mass is 245 g/mol. The molecule has 0 aliphatic heterocycles. The lowest BCUT2D eigenvalue weighted by Crippen LogP contribution is -2.43. The lowest BCUT2D eigenvalue weighted by atomic mass is 9.80. The van der Waals surface area contributed by atoms with Gasteiger partial charge in [0.1, 0.15) is 0 Å². The van der Waals surface area contributed by atoms with E-state index in [1.807, 2.05) is 0 Å². The van der Waals surface area contributed by atoms with Crippen molar-refractivity contribution in [3.05, 3.63) is 29.8 Å². The minimum absolute atomic E-state index is 0.387. The predicted molar refractivity (Wildman–Crippen MR) is 58.7 cm³/mol. The fourth-order valence-electron chi connectivity index (χ4n) is 1.81. The Morgan fingerprint density at radius 3 is 2.18 bits per heavy atom. The molecule has 17 heavy (non-hydrogen) atoms. The molecule has 0 saturated heterocycles. The molecule has 0 heterocycles. The van der Waals surface area contributed by atoms with Gasteiger partial charge in [0.15, 0.2) is 0 Å². The van der Waals surface area contributed by atoms with Gasteiger partial charge < -0.3 is 10.4 Å². The smallest absolute Gasteiger partial charge is 0.388 e. The molecule has 2 rings (SSSR count). The van der Waals surface area contributed by atoms with E-state index >= 15 is 0 Å². The maximum atomic E-state index is 12.3. The second-order valence-electron chi connectivity index (χ2n) is 4.51. The molecule has 2 N–H and O–H groups in total. The molecule has 0 radical (unpaired) electrons. The van der Waals surface area contributed by atoms with Crippen LogP contribution in [0.15, 0.2) is 24.3 Å². The summed E-state index contributed by atoms with van der Waals surface area (Å²) in [5.41, 5.74) is -0.744. The highest BCUT2D eigenvalue weighted by Gasteiger charge is 2.34. The zero-order chi connectivity index (χ0) is 12.5. The van der Waals surface area contributed by atoms with Crippen molar-refractivity contribution in [1.29, 1.82) is 0 Å². The van der Waals surface area contributed by atoms with Crippen molar-refractivity contribution >= 4 is 5.69 Å². The molecule has 0 atom stereocenters. The minimum Gasteiger partial charge on any atom is -0.388 e. The standard InChI is InChI=1S/C12H14F3NO/c13-12(14,15)9-2-4-10(5-3-9)16-8-11(17)6-1-7-11/h2-5,16-17H,1,6-8H2. The number of alkyl halides is 3. The largest absolute Gasteiger partial charge is 0.416 e. The Balaban J connectivity index is 1.94. The van der Waals surface area contributed by atoms with Crippen molar-refractivity contribution in [2.24, 2.45) is 0 Å². The normalized spacial score (nSPS) is 18.6. The molecule has 1 aromatic rings. The highest BCUT2D eigenvalue weighted by atomic mass is 19.4. The molecular weight excluding hydrogens is 231 g/mol. The number of aliphatic hydroxyl groups is 1. The molecule has 5 heteroatoms. The number of benzene rings is 1. The topological polar surface area (TPSA) is 32.3 Å². The van der Waals surface area contributed by atoms with Crippen LogP contribution in [-0.4, -0.2) is 17.3 Å².